The maximum atomic E-state index is 5.89. The van der Waals surface area contributed by atoms with E-state index in [1.165, 1.54) is 6.33 Å². The van der Waals surface area contributed by atoms with E-state index in [0.717, 1.165) is 17.0 Å². The van der Waals surface area contributed by atoms with Gasteiger partial charge in [-0.1, -0.05) is 23.7 Å². The van der Waals surface area contributed by atoms with Gasteiger partial charge >= 0.3 is 0 Å². The van der Waals surface area contributed by atoms with Crippen LogP contribution in [0.4, 0.5) is 0 Å². The molecule has 146 valence electrons. The van der Waals surface area contributed by atoms with E-state index in [0.29, 0.717) is 24.1 Å². The highest BCUT2D eigenvalue weighted by atomic mass is 35.5. The van der Waals surface area contributed by atoms with Crippen LogP contribution in [0, 0.1) is 0 Å². The number of nitrogens with one attached hydrogen (secondary N) is 2. The molecule has 8 heteroatoms. The fraction of sp³-hybridized carbons (Fsp3) is 0.250. The zero-order chi connectivity index (χ0) is 19.8. The summed E-state index contributed by atoms with van der Waals surface area (Å²) in [5.74, 6) is 1.50. The predicted octanol–water partition coefficient (Wildman–Crippen LogP) is 3.05. The maximum absolute atomic E-state index is 5.89. The van der Waals surface area contributed by atoms with Crippen molar-refractivity contribution in [1.29, 1.82) is 0 Å². The lowest BCUT2D eigenvalue weighted by atomic mass is 10.2. The van der Waals surface area contributed by atoms with Gasteiger partial charge in [0.1, 0.15) is 24.5 Å². The number of halogens is 1. The third-order valence-electron chi connectivity index (χ3n) is 4.01. The van der Waals surface area contributed by atoms with Gasteiger partial charge in [0, 0.05) is 18.6 Å². The number of aliphatic imine (C=N–C) groups is 1. The lowest BCUT2D eigenvalue weighted by molar-refractivity contribution is 0.224. The largest absolute Gasteiger partial charge is 0.489 e. The molecule has 1 unspecified atom stereocenters. The molecule has 28 heavy (non-hydrogen) atoms. The molecule has 0 radical (unpaired) electrons. The molecule has 2 N–H and O–H groups in total. The van der Waals surface area contributed by atoms with Gasteiger partial charge in [0.05, 0.1) is 12.2 Å². The summed E-state index contributed by atoms with van der Waals surface area (Å²) in [6.45, 7) is 3.27. The molecule has 0 spiro atoms. The van der Waals surface area contributed by atoms with Crippen molar-refractivity contribution in [3.63, 3.8) is 0 Å². The Morgan fingerprint density at radius 2 is 1.89 bits per heavy atom. The van der Waals surface area contributed by atoms with Crippen LogP contribution < -0.4 is 15.4 Å². The first-order chi connectivity index (χ1) is 13.6. The number of hydrogen-bond acceptors (Lipinski definition) is 4. The van der Waals surface area contributed by atoms with E-state index in [9.17, 15) is 0 Å². The van der Waals surface area contributed by atoms with E-state index in [4.69, 9.17) is 16.3 Å². The standard InChI is InChI=1S/C20H23ClN6O/c1-15(28-19-9-5-17(21)6-10-19)11-24-20(22-2)25-12-16-3-7-18(8-4-16)27-14-23-13-26-27/h3-10,13-15H,11-12H2,1-2H3,(H2,22,24,25). The van der Waals surface area contributed by atoms with Crippen molar-refractivity contribution in [2.24, 2.45) is 4.99 Å². The van der Waals surface area contributed by atoms with E-state index in [1.807, 2.05) is 55.5 Å². The second-order valence-electron chi connectivity index (χ2n) is 6.20. The molecule has 1 atom stereocenters. The van der Waals surface area contributed by atoms with Crippen LogP contribution in [0.1, 0.15) is 12.5 Å². The Morgan fingerprint density at radius 1 is 1.14 bits per heavy atom. The topological polar surface area (TPSA) is 76.4 Å². The van der Waals surface area contributed by atoms with Crippen molar-refractivity contribution >= 4 is 17.6 Å². The van der Waals surface area contributed by atoms with Gasteiger partial charge in [-0.15, -0.1) is 0 Å². The van der Waals surface area contributed by atoms with Gasteiger partial charge in [-0.3, -0.25) is 4.99 Å². The molecule has 0 aliphatic carbocycles. The number of hydrogen-bond donors (Lipinski definition) is 2. The fourth-order valence-electron chi connectivity index (χ4n) is 2.54. The molecule has 0 bridgehead atoms. The predicted molar refractivity (Wildman–Crippen MR) is 111 cm³/mol. The molecule has 1 aromatic heterocycles. The SMILES string of the molecule is CN=C(NCc1ccc(-n2cncn2)cc1)NCC(C)Oc1ccc(Cl)cc1. The molecule has 0 aliphatic heterocycles. The van der Waals surface area contributed by atoms with E-state index in [1.54, 1.807) is 18.1 Å². The van der Waals surface area contributed by atoms with Gasteiger partial charge in [-0.25, -0.2) is 9.67 Å². The molecule has 0 saturated heterocycles. The number of aromatic nitrogens is 3. The minimum Gasteiger partial charge on any atom is -0.489 e. The number of nitrogens with zero attached hydrogens (tertiary/aromatic N) is 4. The average molecular weight is 399 g/mol. The molecule has 0 aliphatic rings. The van der Waals surface area contributed by atoms with Gasteiger partial charge < -0.3 is 15.4 Å². The molecular formula is C20H23ClN6O. The summed E-state index contributed by atoms with van der Waals surface area (Å²) in [6.07, 6.45) is 3.16. The first-order valence-corrected chi connectivity index (χ1v) is 9.32. The van der Waals surface area contributed by atoms with E-state index < -0.39 is 0 Å². The maximum Gasteiger partial charge on any atom is 0.191 e. The zero-order valence-corrected chi connectivity index (χ0v) is 16.6. The van der Waals surface area contributed by atoms with Crippen LogP contribution in [0.25, 0.3) is 5.69 Å². The lowest BCUT2D eigenvalue weighted by Gasteiger charge is -2.18. The molecule has 0 saturated carbocycles. The quantitative estimate of drug-likeness (QED) is 0.472. The lowest BCUT2D eigenvalue weighted by Crippen LogP contribution is -2.41. The molecule has 3 aromatic rings. The highest BCUT2D eigenvalue weighted by Crippen LogP contribution is 2.16. The summed E-state index contributed by atoms with van der Waals surface area (Å²) in [4.78, 5) is 8.21. The van der Waals surface area contributed by atoms with Crippen LogP contribution in [-0.4, -0.2) is 40.4 Å². The summed E-state index contributed by atoms with van der Waals surface area (Å²) >= 11 is 5.89. The third kappa shape index (κ3) is 5.72. The smallest absolute Gasteiger partial charge is 0.191 e. The highest BCUT2D eigenvalue weighted by Gasteiger charge is 2.06. The van der Waals surface area contributed by atoms with Crippen LogP contribution in [0.15, 0.2) is 66.2 Å². The van der Waals surface area contributed by atoms with Crippen molar-refractivity contribution in [3.05, 3.63) is 71.8 Å². The molecular weight excluding hydrogens is 376 g/mol. The number of rotatable bonds is 7. The molecule has 1 heterocycles. The van der Waals surface area contributed by atoms with Gasteiger partial charge in [-0.05, 0) is 48.9 Å². The summed E-state index contributed by atoms with van der Waals surface area (Å²) in [5, 5.41) is 11.4. The van der Waals surface area contributed by atoms with E-state index in [2.05, 4.69) is 25.7 Å². The Balaban J connectivity index is 1.44. The fourth-order valence-corrected chi connectivity index (χ4v) is 2.67. The minimum atomic E-state index is -0.0262. The molecule has 0 fully saturated rings. The number of benzene rings is 2. The summed E-state index contributed by atoms with van der Waals surface area (Å²) in [6, 6.07) is 15.4. The van der Waals surface area contributed by atoms with Gasteiger partial charge in [-0.2, -0.15) is 5.10 Å². The van der Waals surface area contributed by atoms with E-state index in [-0.39, 0.29) is 6.10 Å². The van der Waals surface area contributed by atoms with Crippen LogP contribution in [0.3, 0.4) is 0 Å². The van der Waals surface area contributed by atoms with Gasteiger partial charge in [0.25, 0.3) is 0 Å². The monoisotopic (exact) mass is 398 g/mol. The van der Waals surface area contributed by atoms with Crippen molar-refractivity contribution < 1.29 is 4.74 Å². The van der Waals surface area contributed by atoms with Crippen LogP contribution in [0.2, 0.25) is 5.02 Å². The third-order valence-corrected chi connectivity index (χ3v) is 4.26. The van der Waals surface area contributed by atoms with Crippen molar-refractivity contribution in [2.75, 3.05) is 13.6 Å². The van der Waals surface area contributed by atoms with Crippen LogP contribution in [0.5, 0.6) is 5.75 Å². The van der Waals surface area contributed by atoms with Gasteiger partial charge in [0.2, 0.25) is 0 Å². The van der Waals surface area contributed by atoms with Crippen LogP contribution in [-0.2, 0) is 6.54 Å². The Labute approximate surface area is 169 Å². The minimum absolute atomic E-state index is 0.0262. The Morgan fingerprint density at radius 3 is 2.54 bits per heavy atom. The summed E-state index contributed by atoms with van der Waals surface area (Å²) in [7, 11) is 1.74. The second kappa shape index (κ2) is 9.75. The normalized spacial score (nSPS) is 12.5. The highest BCUT2D eigenvalue weighted by molar-refractivity contribution is 6.30. The molecule has 3 rings (SSSR count). The zero-order valence-electron chi connectivity index (χ0n) is 15.8. The van der Waals surface area contributed by atoms with Crippen molar-refractivity contribution in [3.8, 4) is 11.4 Å². The Bertz CT molecular complexity index is 878. The van der Waals surface area contributed by atoms with Gasteiger partial charge in [0.15, 0.2) is 5.96 Å². The summed E-state index contributed by atoms with van der Waals surface area (Å²) < 4.78 is 7.58. The first kappa shape index (κ1) is 19.7. The Kier molecular flexibility index (Phi) is 6.86. The van der Waals surface area contributed by atoms with E-state index >= 15 is 0 Å². The molecule has 2 aromatic carbocycles. The number of guanidine groups is 1. The first-order valence-electron chi connectivity index (χ1n) is 8.95. The average Bonchev–Trinajstić information content (AvgIpc) is 3.25. The van der Waals surface area contributed by atoms with Crippen molar-refractivity contribution in [1.82, 2.24) is 25.4 Å². The second-order valence-corrected chi connectivity index (χ2v) is 6.63. The van der Waals surface area contributed by atoms with Crippen molar-refractivity contribution in [2.45, 2.75) is 19.6 Å². The van der Waals surface area contributed by atoms with Crippen LogP contribution >= 0.6 is 11.6 Å². The number of ether oxygens (including phenoxy) is 1. The molecule has 0 amide bonds. The Hall–Kier alpha value is -3.06. The summed E-state index contributed by atoms with van der Waals surface area (Å²) in [5.41, 5.74) is 2.11. The molecule has 7 nitrogen and oxygen atoms in total.